The van der Waals surface area contributed by atoms with Crippen LogP contribution in [0.25, 0.3) is 11.5 Å². The van der Waals surface area contributed by atoms with Crippen LogP contribution in [0.4, 0.5) is 0 Å². The van der Waals surface area contributed by atoms with E-state index < -0.39 is 0 Å². The van der Waals surface area contributed by atoms with Crippen LogP contribution in [0, 0.1) is 0 Å². The third-order valence-corrected chi connectivity index (χ3v) is 4.42. The third-order valence-electron chi connectivity index (χ3n) is 3.41. The van der Waals surface area contributed by atoms with E-state index in [1.54, 1.807) is 17.9 Å². The van der Waals surface area contributed by atoms with Gasteiger partial charge in [0.1, 0.15) is 12.0 Å². The van der Waals surface area contributed by atoms with Crippen LogP contribution in [0.2, 0.25) is 0 Å². The Kier molecular flexibility index (Phi) is 5.05. The number of rotatable bonds is 7. The van der Waals surface area contributed by atoms with Gasteiger partial charge in [-0.25, -0.2) is 14.9 Å². The van der Waals surface area contributed by atoms with Gasteiger partial charge in [0, 0.05) is 17.9 Å². The number of aromatic amines is 1. The molecule has 2 aromatic heterocycles. The first-order chi connectivity index (χ1) is 11.7. The Morgan fingerprint density at radius 3 is 2.83 bits per heavy atom. The minimum absolute atomic E-state index is 0.182. The van der Waals surface area contributed by atoms with Gasteiger partial charge in [-0.3, -0.25) is 4.57 Å². The third kappa shape index (κ3) is 3.53. The predicted molar refractivity (Wildman–Crippen MR) is 91.2 cm³/mol. The Hall–Kier alpha value is -2.48. The predicted octanol–water partition coefficient (Wildman–Crippen LogP) is 2.94. The quantitative estimate of drug-likeness (QED) is 0.662. The lowest BCUT2D eigenvalue weighted by Crippen LogP contribution is -2.17. The standard InChI is InChI=1S/C16H18N4O3S/c1-3-8-20-15(21)18-19-16(20)24-10-12-9-23-14(17-12)11-4-6-13(22-2)7-5-11/h4-7,9H,3,8,10H2,1-2H3,(H,18,21). The van der Waals surface area contributed by atoms with Gasteiger partial charge < -0.3 is 9.15 Å². The van der Waals surface area contributed by atoms with Crippen molar-refractivity contribution >= 4 is 11.8 Å². The van der Waals surface area contributed by atoms with E-state index in [0.29, 0.717) is 23.3 Å². The summed E-state index contributed by atoms with van der Waals surface area (Å²) in [5, 5.41) is 7.19. The molecule has 2 heterocycles. The molecule has 0 radical (unpaired) electrons. The molecule has 0 aliphatic rings. The first-order valence-electron chi connectivity index (χ1n) is 7.58. The second-order valence-electron chi connectivity index (χ2n) is 5.12. The lowest BCUT2D eigenvalue weighted by molar-refractivity contribution is 0.415. The van der Waals surface area contributed by atoms with Crippen molar-refractivity contribution < 1.29 is 9.15 Å². The molecule has 3 rings (SSSR count). The van der Waals surface area contributed by atoms with Crippen LogP contribution in [0.1, 0.15) is 19.0 Å². The van der Waals surface area contributed by atoms with Crippen LogP contribution in [-0.2, 0) is 12.3 Å². The van der Waals surface area contributed by atoms with E-state index >= 15 is 0 Å². The summed E-state index contributed by atoms with van der Waals surface area (Å²) in [6.07, 6.45) is 2.50. The van der Waals surface area contributed by atoms with Gasteiger partial charge in [0.2, 0.25) is 5.89 Å². The fourth-order valence-electron chi connectivity index (χ4n) is 2.21. The second-order valence-corrected chi connectivity index (χ2v) is 6.07. The second kappa shape index (κ2) is 7.39. The number of methoxy groups -OCH3 is 1. The normalized spacial score (nSPS) is 10.9. The van der Waals surface area contributed by atoms with Crippen molar-refractivity contribution in [3.8, 4) is 17.2 Å². The number of hydrogen-bond donors (Lipinski definition) is 1. The maximum atomic E-state index is 11.7. The summed E-state index contributed by atoms with van der Waals surface area (Å²) >= 11 is 1.45. The maximum absolute atomic E-state index is 11.7. The van der Waals surface area contributed by atoms with Crippen LogP contribution < -0.4 is 10.4 Å². The Morgan fingerprint density at radius 1 is 1.33 bits per heavy atom. The number of ether oxygens (including phenoxy) is 1. The number of nitrogens with one attached hydrogen (secondary N) is 1. The van der Waals surface area contributed by atoms with Crippen molar-refractivity contribution in [1.29, 1.82) is 0 Å². The highest BCUT2D eigenvalue weighted by molar-refractivity contribution is 7.98. The number of benzene rings is 1. The number of aromatic nitrogens is 4. The Bertz CT molecular complexity index is 851. The SMILES string of the molecule is CCCn1c(SCc2coc(-c3ccc(OC)cc3)n2)n[nH]c1=O. The average molecular weight is 346 g/mol. The molecular formula is C16H18N4O3S. The Morgan fingerprint density at radius 2 is 2.12 bits per heavy atom. The fraction of sp³-hybridized carbons (Fsp3) is 0.312. The van der Waals surface area contributed by atoms with E-state index in [2.05, 4.69) is 15.2 Å². The molecule has 0 aliphatic carbocycles. The maximum Gasteiger partial charge on any atom is 0.343 e. The zero-order valence-corrected chi connectivity index (χ0v) is 14.3. The summed E-state index contributed by atoms with van der Waals surface area (Å²) in [4.78, 5) is 16.1. The van der Waals surface area contributed by atoms with E-state index in [-0.39, 0.29) is 5.69 Å². The smallest absolute Gasteiger partial charge is 0.343 e. The van der Waals surface area contributed by atoms with E-state index in [1.807, 2.05) is 31.2 Å². The zero-order valence-electron chi connectivity index (χ0n) is 13.5. The van der Waals surface area contributed by atoms with Gasteiger partial charge >= 0.3 is 5.69 Å². The molecular weight excluding hydrogens is 328 g/mol. The topological polar surface area (TPSA) is 85.9 Å². The van der Waals surface area contributed by atoms with Crippen molar-refractivity contribution in [1.82, 2.24) is 19.7 Å². The van der Waals surface area contributed by atoms with E-state index in [9.17, 15) is 4.79 Å². The highest BCUT2D eigenvalue weighted by Crippen LogP contribution is 2.24. The van der Waals surface area contributed by atoms with Crippen molar-refractivity contribution in [3.05, 3.63) is 46.7 Å². The molecule has 0 aliphatic heterocycles. The molecule has 1 aromatic carbocycles. The average Bonchev–Trinajstić information content (AvgIpc) is 3.21. The minimum atomic E-state index is -0.182. The highest BCUT2D eigenvalue weighted by atomic mass is 32.2. The van der Waals surface area contributed by atoms with Crippen LogP contribution >= 0.6 is 11.8 Å². The molecule has 3 aromatic rings. The number of hydrogen-bond acceptors (Lipinski definition) is 6. The lowest BCUT2D eigenvalue weighted by Gasteiger charge is -2.01. The molecule has 0 saturated heterocycles. The van der Waals surface area contributed by atoms with Gasteiger partial charge in [-0.2, -0.15) is 0 Å². The number of nitrogens with zero attached hydrogens (tertiary/aromatic N) is 3. The van der Waals surface area contributed by atoms with Gasteiger partial charge in [0.05, 0.1) is 12.8 Å². The van der Waals surface area contributed by atoms with E-state index in [0.717, 1.165) is 23.4 Å². The van der Waals surface area contributed by atoms with Gasteiger partial charge in [0.15, 0.2) is 5.16 Å². The summed E-state index contributed by atoms with van der Waals surface area (Å²) in [5.74, 6) is 1.92. The molecule has 8 heteroatoms. The number of oxazole rings is 1. The molecule has 126 valence electrons. The molecule has 0 saturated carbocycles. The molecule has 0 amide bonds. The molecule has 7 nitrogen and oxygen atoms in total. The lowest BCUT2D eigenvalue weighted by atomic mass is 10.2. The van der Waals surface area contributed by atoms with Crippen LogP contribution in [-0.4, -0.2) is 26.9 Å². The summed E-state index contributed by atoms with van der Waals surface area (Å²) in [6, 6.07) is 7.52. The van der Waals surface area contributed by atoms with Gasteiger partial charge in [-0.15, -0.1) is 5.10 Å². The Labute approximate surface area is 143 Å². The van der Waals surface area contributed by atoms with Crippen molar-refractivity contribution in [3.63, 3.8) is 0 Å². The van der Waals surface area contributed by atoms with E-state index in [4.69, 9.17) is 9.15 Å². The van der Waals surface area contributed by atoms with Crippen molar-refractivity contribution in [2.75, 3.05) is 7.11 Å². The van der Waals surface area contributed by atoms with E-state index in [1.165, 1.54) is 11.8 Å². The fourth-order valence-corrected chi connectivity index (χ4v) is 3.06. The van der Waals surface area contributed by atoms with Crippen molar-refractivity contribution in [2.45, 2.75) is 30.8 Å². The van der Waals surface area contributed by atoms with Gasteiger partial charge in [-0.05, 0) is 30.7 Å². The molecule has 0 bridgehead atoms. The molecule has 24 heavy (non-hydrogen) atoms. The molecule has 0 spiro atoms. The largest absolute Gasteiger partial charge is 0.497 e. The number of H-pyrrole nitrogens is 1. The first kappa shape index (κ1) is 16.4. The molecule has 1 N–H and O–H groups in total. The monoisotopic (exact) mass is 346 g/mol. The summed E-state index contributed by atoms with van der Waals surface area (Å²) in [7, 11) is 1.63. The summed E-state index contributed by atoms with van der Waals surface area (Å²) < 4.78 is 12.3. The van der Waals surface area contributed by atoms with Crippen LogP contribution in [0.3, 0.4) is 0 Å². The molecule has 0 unspecified atom stereocenters. The molecule has 0 atom stereocenters. The van der Waals surface area contributed by atoms with Gasteiger partial charge in [0.25, 0.3) is 0 Å². The van der Waals surface area contributed by atoms with Gasteiger partial charge in [-0.1, -0.05) is 18.7 Å². The van der Waals surface area contributed by atoms with Crippen LogP contribution in [0.15, 0.2) is 44.9 Å². The zero-order chi connectivity index (χ0) is 16.9. The van der Waals surface area contributed by atoms with Crippen molar-refractivity contribution in [2.24, 2.45) is 0 Å². The Balaban J connectivity index is 1.69. The van der Waals surface area contributed by atoms with Crippen LogP contribution in [0.5, 0.6) is 5.75 Å². The molecule has 0 fully saturated rings. The number of thioether (sulfide) groups is 1. The first-order valence-corrected chi connectivity index (χ1v) is 8.56. The highest BCUT2D eigenvalue weighted by Gasteiger charge is 2.11. The summed E-state index contributed by atoms with van der Waals surface area (Å²) in [6.45, 7) is 2.67. The minimum Gasteiger partial charge on any atom is -0.497 e. The summed E-state index contributed by atoms with van der Waals surface area (Å²) in [5.41, 5.74) is 1.50.